The Morgan fingerprint density at radius 1 is 1.10 bits per heavy atom. The predicted octanol–water partition coefficient (Wildman–Crippen LogP) is 2.76. The first-order valence-corrected chi connectivity index (χ1v) is 10.4. The van der Waals surface area contributed by atoms with Gasteiger partial charge in [0.25, 0.3) is 0 Å². The van der Waals surface area contributed by atoms with Crippen molar-refractivity contribution in [3.05, 3.63) is 65.2 Å². The van der Waals surface area contributed by atoms with Gasteiger partial charge in [-0.15, -0.1) is 0 Å². The van der Waals surface area contributed by atoms with Crippen molar-refractivity contribution >= 4 is 11.8 Å². The van der Waals surface area contributed by atoms with E-state index >= 15 is 0 Å². The lowest BCUT2D eigenvalue weighted by molar-refractivity contribution is -0.138. The number of carbonyl (C=O) groups excluding carboxylic acids is 2. The minimum atomic E-state index is -0.118. The summed E-state index contributed by atoms with van der Waals surface area (Å²) < 4.78 is 5.19. The van der Waals surface area contributed by atoms with Gasteiger partial charge >= 0.3 is 0 Å². The Morgan fingerprint density at radius 2 is 1.79 bits per heavy atom. The van der Waals surface area contributed by atoms with Crippen molar-refractivity contribution in [2.45, 2.75) is 38.1 Å². The molecule has 2 aromatic rings. The Bertz CT molecular complexity index is 853. The fraction of sp³-hybridized carbons (Fsp3) is 0.417. The molecular weight excluding hydrogens is 364 g/mol. The quantitative estimate of drug-likeness (QED) is 0.822. The van der Waals surface area contributed by atoms with E-state index < -0.39 is 0 Å². The van der Waals surface area contributed by atoms with Gasteiger partial charge in [-0.25, -0.2) is 0 Å². The number of hydrogen-bond acceptors (Lipinski definition) is 3. The van der Waals surface area contributed by atoms with E-state index in [2.05, 4.69) is 29.6 Å². The van der Waals surface area contributed by atoms with E-state index in [1.807, 2.05) is 29.2 Å². The zero-order chi connectivity index (χ0) is 20.2. The number of nitrogens with zero attached hydrogens (tertiary/aromatic N) is 1. The van der Waals surface area contributed by atoms with Crippen LogP contribution in [0.2, 0.25) is 0 Å². The van der Waals surface area contributed by atoms with Crippen LogP contribution in [-0.4, -0.2) is 43.0 Å². The van der Waals surface area contributed by atoms with Crippen molar-refractivity contribution in [1.82, 2.24) is 10.2 Å². The summed E-state index contributed by atoms with van der Waals surface area (Å²) in [4.78, 5) is 27.0. The van der Waals surface area contributed by atoms with Crippen LogP contribution in [0.1, 0.15) is 29.5 Å². The molecule has 4 rings (SSSR count). The molecule has 1 N–H and O–H groups in total. The number of fused-ring (bicyclic) bond motifs is 1. The molecule has 2 aromatic carbocycles. The Balaban J connectivity index is 1.30. The van der Waals surface area contributed by atoms with Gasteiger partial charge in [0.15, 0.2) is 0 Å². The van der Waals surface area contributed by atoms with E-state index in [0.29, 0.717) is 25.9 Å². The van der Waals surface area contributed by atoms with E-state index in [0.717, 1.165) is 30.6 Å². The van der Waals surface area contributed by atoms with Crippen molar-refractivity contribution in [1.29, 1.82) is 0 Å². The molecule has 0 radical (unpaired) electrons. The molecule has 152 valence electrons. The van der Waals surface area contributed by atoms with Crippen molar-refractivity contribution in [2.24, 2.45) is 5.92 Å². The van der Waals surface area contributed by atoms with Crippen LogP contribution in [0.15, 0.2) is 48.5 Å². The number of rotatable bonds is 6. The highest BCUT2D eigenvalue weighted by molar-refractivity contribution is 5.84. The number of ether oxygens (including phenoxy) is 1. The number of methoxy groups -OCH3 is 1. The smallest absolute Gasteiger partial charge is 0.225 e. The molecule has 1 atom stereocenters. The van der Waals surface area contributed by atoms with E-state index in [-0.39, 0.29) is 23.8 Å². The van der Waals surface area contributed by atoms with E-state index in [4.69, 9.17) is 4.74 Å². The Labute approximate surface area is 172 Å². The number of piperidine rings is 1. The van der Waals surface area contributed by atoms with Crippen molar-refractivity contribution in [3.8, 4) is 5.75 Å². The summed E-state index contributed by atoms with van der Waals surface area (Å²) in [6, 6.07) is 16.5. The van der Waals surface area contributed by atoms with Crippen LogP contribution in [0.25, 0.3) is 0 Å². The molecule has 1 fully saturated rings. The van der Waals surface area contributed by atoms with Crippen LogP contribution in [0, 0.1) is 5.92 Å². The fourth-order valence-electron chi connectivity index (χ4n) is 4.38. The number of nitrogens with one attached hydrogen (secondary N) is 1. The van der Waals surface area contributed by atoms with Gasteiger partial charge in [-0.05, 0) is 54.5 Å². The third kappa shape index (κ3) is 4.61. The van der Waals surface area contributed by atoms with Crippen LogP contribution in [-0.2, 0) is 28.9 Å². The molecule has 2 amide bonds. The molecule has 0 spiro atoms. The predicted molar refractivity (Wildman–Crippen MR) is 112 cm³/mol. The molecule has 5 nitrogen and oxygen atoms in total. The lowest BCUT2D eigenvalue weighted by Crippen LogP contribution is -2.48. The van der Waals surface area contributed by atoms with Crippen molar-refractivity contribution < 1.29 is 14.3 Å². The maximum Gasteiger partial charge on any atom is 0.225 e. The van der Waals surface area contributed by atoms with E-state index in [1.165, 1.54) is 11.1 Å². The highest BCUT2D eigenvalue weighted by atomic mass is 16.5. The van der Waals surface area contributed by atoms with Crippen LogP contribution >= 0.6 is 0 Å². The molecule has 0 saturated carbocycles. The molecule has 0 bridgehead atoms. The third-order valence-electron chi connectivity index (χ3n) is 6.10. The minimum Gasteiger partial charge on any atom is -0.497 e. The van der Waals surface area contributed by atoms with Gasteiger partial charge in [-0.3, -0.25) is 9.59 Å². The number of likely N-dealkylation sites (tertiary alicyclic amines) is 1. The summed E-state index contributed by atoms with van der Waals surface area (Å²) in [5.74, 6) is 0.946. The summed E-state index contributed by atoms with van der Waals surface area (Å²) >= 11 is 0. The molecule has 2 aliphatic rings. The summed E-state index contributed by atoms with van der Waals surface area (Å²) in [5, 5.41) is 3.23. The summed E-state index contributed by atoms with van der Waals surface area (Å²) in [5.41, 5.74) is 3.82. The molecule has 29 heavy (non-hydrogen) atoms. The first kappa shape index (κ1) is 19.5. The Hall–Kier alpha value is -2.82. The first-order valence-electron chi connectivity index (χ1n) is 10.4. The summed E-state index contributed by atoms with van der Waals surface area (Å²) in [7, 11) is 1.65. The first-order chi connectivity index (χ1) is 14.1. The molecule has 1 heterocycles. The van der Waals surface area contributed by atoms with Gasteiger partial charge in [-0.2, -0.15) is 0 Å². The minimum absolute atomic E-state index is 0.0877. The van der Waals surface area contributed by atoms with Gasteiger partial charge in [0.2, 0.25) is 11.8 Å². The van der Waals surface area contributed by atoms with Gasteiger partial charge in [0, 0.05) is 25.6 Å². The standard InChI is InChI=1S/C24H28N2O3/c1-29-22-9-6-17(7-10-22)12-13-26-16-20(8-11-23(26)27)24(28)25-21-14-18-4-2-3-5-19(18)15-21/h2-7,9-10,20-21H,8,11-16H2,1H3,(H,25,28)/t20-/m1/s1. The van der Waals surface area contributed by atoms with Crippen LogP contribution < -0.4 is 10.1 Å². The maximum atomic E-state index is 12.8. The van der Waals surface area contributed by atoms with Crippen LogP contribution in [0.4, 0.5) is 0 Å². The number of hydrogen-bond donors (Lipinski definition) is 1. The Morgan fingerprint density at radius 3 is 2.45 bits per heavy atom. The normalized spacial score (nSPS) is 19.1. The van der Waals surface area contributed by atoms with Gasteiger partial charge in [0.05, 0.1) is 13.0 Å². The SMILES string of the molecule is COc1ccc(CCN2C[C@H](C(=O)NC3Cc4ccccc4C3)CCC2=O)cc1. The Kier molecular flexibility index (Phi) is 5.84. The molecule has 1 saturated heterocycles. The number of carbonyl (C=O) groups is 2. The monoisotopic (exact) mass is 392 g/mol. The molecule has 0 aromatic heterocycles. The third-order valence-corrected chi connectivity index (χ3v) is 6.10. The number of amides is 2. The lowest BCUT2D eigenvalue weighted by atomic mass is 9.95. The second kappa shape index (κ2) is 8.68. The molecular formula is C24H28N2O3. The van der Waals surface area contributed by atoms with Gasteiger partial charge in [0.1, 0.15) is 5.75 Å². The molecule has 1 aliphatic heterocycles. The number of benzene rings is 2. The van der Waals surface area contributed by atoms with Gasteiger partial charge in [-0.1, -0.05) is 36.4 Å². The molecule has 5 heteroatoms. The second-order valence-electron chi connectivity index (χ2n) is 8.06. The second-order valence-corrected chi connectivity index (χ2v) is 8.06. The zero-order valence-corrected chi connectivity index (χ0v) is 16.9. The van der Waals surface area contributed by atoms with Crippen molar-refractivity contribution in [3.63, 3.8) is 0 Å². The largest absolute Gasteiger partial charge is 0.497 e. The summed E-state index contributed by atoms with van der Waals surface area (Å²) in [6.45, 7) is 1.16. The molecule has 0 unspecified atom stereocenters. The average molecular weight is 392 g/mol. The van der Waals surface area contributed by atoms with Crippen molar-refractivity contribution in [2.75, 3.05) is 20.2 Å². The van der Waals surface area contributed by atoms with E-state index in [9.17, 15) is 9.59 Å². The maximum absolute atomic E-state index is 12.8. The fourth-order valence-corrected chi connectivity index (χ4v) is 4.38. The topological polar surface area (TPSA) is 58.6 Å². The van der Waals surface area contributed by atoms with Crippen LogP contribution in [0.3, 0.4) is 0 Å². The average Bonchev–Trinajstić information content (AvgIpc) is 3.15. The summed E-state index contributed by atoms with van der Waals surface area (Å²) in [6.07, 6.45) is 3.67. The van der Waals surface area contributed by atoms with Gasteiger partial charge < -0.3 is 15.0 Å². The molecule has 1 aliphatic carbocycles. The highest BCUT2D eigenvalue weighted by Crippen LogP contribution is 2.23. The van der Waals surface area contributed by atoms with Crippen LogP contribution in [0.5, 0.6) is 5.75 Å². The zero-order valence-electron chi connectivity index (χ0n) is 16.9. The van der Waals surface area contributed by atoms with E-state index in [1.54, 1.807) is 7.11 Å². The highest BCUT2D eigenvalue weighted by Gasteiger charge is 2.32. The lowest BCUT2D eigenvalue weighted by Gasteiger charge is -2.32.